The summed E-state index contributed by atoms with van der Waals surface area (Å²) in [4.78, 5) is 14.9. The Morgan fingerprint density at radius 1 is 1.44 bits per heavy atom. The minimum atomic E-state index is 0.101. The molecule has 3 rings (SSSR count). The van der Waals surface area contributed by atoms with Crippen molar-refractivity contribution in [3.8, 4) is 0 Å². The van der Waals surface area contributed by atoms with Gasteiger partial charge in [0.05, 0.1) is 11.1 Å². The summed E-state index contributed by atoms with van der Waals surface area (Å²) in [6, 6.07) is 6.24. The highest BCUT2D eigenvalue weighted by Crippen LogP contribution is 2.24. The molecule has 94 valence electrons. The zero-order chi connectivity index (χ0) is 12.5. The second-order valence-corrected chi connectivity index (χ2v) is 5.19. The van der Waals surface area contributed by atoms with Gasteiger partial charge >= 0.3 is 0 Å². The predicted molar refractivity (Wildman–Crippen MR) is 73.0 cm³/mol. The number of rotatable bonds is 4. The third kappa shape index (κ3) is 2.16. The standard InChI is InChI=1S/C14H15ClN2O/c15-11-8-17-12-3-1-9(7-10(11)12)2-4-14(18)13-5-6-16-13/h1,3,7-8,13,16-17H,2,4-6H2/t13-/m0/s1. The molecule has 0 bridgehead atoms. The van der Waals surface area contributed by atoms with Crippen molar-refractivity contribution in [1.82, 2.24) is 10.3 Å². The molecule has 1 aromatic carbocycles. The van der Waals surface area contributed by atoms with Crippen molar-refractivity contribution in [1.29, 1.82) is 0 Å². The van der Waals surface area contributed by atoms with Crippen molar-refractivity contribution in [2.24, 2.45) is 0 Å². The fourth-order valence-electron chi connectivity index (χ4n) is 2.29. The number of aromatic nitrogens is 1. The van der Waals surface area contributed by atoms with Crippen LogP contribution in [0.15, 0.2) is 24.4 Å². The fourth-order valence-corrected chi connectivity index (χ4v) is 2.51. The van der Waals surface area contributed by atoms with Gasteiger partial charge in [0.2, 0.25) is 0 Å². The summed E-state index contributed by atoms with van der Waals surface area (Å²) in [5.41, 5.74) is 2.20. The first-order valence-electron chi connectivity index (χ1n) is 6.25. The molecular formula is C14H15ClN2O. The summed E-state index contributed by atoms with van der Waals surface area (Å²) in [6.07, 6.45) is 4.17. The first kappa shape index (κ1) is 11.8. The van der Waals surface area contributed by atoms with Crippen LogP contribution in [0, 0.1) is 0 Å². The average Bonchev–Trinajstić information content (AvgIpc) is 2.66. The Morgan fingerprint density at radius 3 is 3.00 bits per heavy atom. The topological polar surface area (TPSA) is 44.9 Å². The number of aromatic amines is 1. The van der Waals surface area contributed by atoms with E-state index in [4.69, 9.17) is 11.6 Å². The van der Waals surface area contributed by atoms with Crippen molar-refractivity contribution in [3.63, 3.8) is 0 Å². The number of Topliss-reactive ketones (excluding diaryl/α,β-unsaturated/α-hetero) is 1. The highest BCUT2D eigenvalue weighted by molar-refractivity contribution is 6.35. The van der Waals surface area contributed by atoms with Crippen molar-refractivity contribution in [2.75, 3.05) is 6.54 Å². The van der Waals surface area contributed by atoms with Gasteiger partial charge in [-0.2, -0.15) is 0 Å². The second kappa shape index (κ2) is 4.75. The first-order chi connectivity index (χ1) is 8.74. The monoisotopic (exact) mass is 262 g/mol. The number of halogens is 1. The van der Waals surface area contributed by atoms with Gasteiger partial charge in [0, 0.05) is 23.5 Å². The van der Waals surface area contributed by atoms with Crippen molar-refractivity contribution in [2.45, 2.75) is 25.3 Å². The molecule has 1 aliphatic rings. The number of carbonyl (C=O) groups excluding carboxylic acids is 1. The minimum Gasteiger partial charge on any atom is -0.360 e. The summed E-state index contributed by atoms with van der Waals surface area (Å²) in [5, 5.41) is 4.91. The molecule has 1 aliphatic heterocycles. The van der Waals surface area contributed by atoms with Gasteiger partial charge < -0.3 is 10.3 Å². The van der Waals surface area contributed by atoms with Gasteiger partial charge in [-0.15, -0.1) is 0 Å². The van der Waals surface area contributed by atoms with Crippen LogP contribution < -0.4 is 5.32 Å². The van der Waals surface area contributed by atoms with Crippen LogP contribution in [0.3, 0.4) is 0 Å². The van der Waals surface area contributed by atoms with Crippen molar-refractivity contribution >= 4 is 28.3 Å². The van der Waals surface area contributed by atoms with Crippen LogP contribution in [-0.4, -0.2) is 23.4 Å². The van der Waals surface area contributed by atoms with Crippen LogP contribution >= 0.6 is 11.6 Å². The van der Waals surface area contributed by atoms with Gasteiger partial charge in [0.25, 0.3) is 0 Å². The first-order valence-corrected chi connectivity index (χ1v) is 6.63. The number of hydrogen-bond donors (Lipinski definition) is 2. The molecule has 0 spiro atoms. The number of ketones is 1. The van der Waals surface area contributed by atoms with Crippen LogP contribution in [0.1, 0.15) is 18.4 Å². The summed E-state index contributed by atoms with van der Waals surface area (Å²) in [7, 11) is 0. The Bertz CT molecular complexity index is 586. The third-order valence-corrected chi connectivity index (χ3v) is 3.88. The Hall–Kier alpha value is -1.32. The maximum atomic E-state index is 11.8. The lowest BCUT2D eigenvalue weighted by molar-refractivity contribution is -0.122. The second-order valence-electron chi connectivity index (χ2n) is 4.78. The molecule has 0 aliphatic carbocycles. The highest BCUT2D eigenvalue weighted by atomic mass is 35.5. The minimum absolute atomic E-state index is 0.101. The van der Waals surface area contributed by atoms with Gasteiger partial charge in [-0.05, 0) is 37.1 Å². The van der Waals surface area contributed by atoms with Crippen LogP contribution in [-0.2, 0) is 11.2 Å². The van der Waals surface area contributed by atoms with Gasteiger partial charge in [-0.1, -0.05) is 17.7 Å². The van der Waals surface area contributed by atoms with E-state index in [0.29, 0.717) is 12.2 Å². The Morgan fingerprint density at radius 2 is 2.28 bits per heavy atom. The average molecular weight is 263 g/mol. The zero-order valence-electron chi connectivity index (χ0n) is 10.0. The number of benzene rings is 1. The summed E-state index contributed by atoms with van der Waals surface area (Å²) in [5.74, 6) is 0.321. The summed E-state index contributed by atoms with van der Waals surface area (Å²) >= 11 is 6.08. The molecule has 0 amide bonds. The molecule has 4 heteroatoms. The van der Waals surface area contributed by atoms with Gasteiger partial charge in [0.1, 0.15) is 5.78 Å². The van der Waals surface area contributed by atoms with Crippen LogP contribution in [0.4, 0.5) is 0 Å². The van der Waals surface area contributed by atoms with Gasteiger partial charge in [-0.25, -0.2) is 0 Å². The molecule has 2 N–H and O–H groups in total. The lowest BCUT2D eigenvalue weighted by Gasteiger charge is -2.26. The van der Waals surface area contributed by atoms with E-state index in [0.717, 1.165) is 40.9 Å². The van der Waals surface area contributed by atoms with Crippen LogP contribution in [0.5, 0.6) is 0 Å². The van der Waals surface area contributed by atoms with E-state index in [1.54, 1.807) is 6.20 Å². The number of carbonyl (C=O) groups is 1. The fraction of sp³-hybridized carbons (Fsp3) is 0.357. The number of fused-ring (bicyclic) bond motifs is 1. The smallest absolute Gasteiger partial charge is 0.150 e. The van der Waals surface area contributed by atoms with E-state index in [1.807, 2.05) is 6.07 Å². The molecule has 0 unspecified atom stereocenters. The van der Waals surface area contributed by atoms with E-state index < -0.39 is 0 Å². The molecule has 2 heterocycles. The largest absolute Gasteiger partial charge is 0.360 e. The van der Waals surface area contributed by atoms with Crippen LogP contribution in [0.25, 0.3) is 10.9 Å². The quantitative estimate of drug-likeness (QED) is 0.890. The predicted octanol–water partition coefficient (Wildman–Crippen LogP) is 2.68. The lowest BCUT2D eigenvalue weighted by atomic mass is 9.97. The zero-order valence-corrected chi connectivity index (χ0v) is 10.8. The Balaban J connectivity index is 1.70. The number of nitrogens with one attached hydrogen (secondary N) is 2. The molecule has 0 radical (unpaired) electrons. The van der Waals surface area contributed by atoms with Crippen LogP contribution in [0.2, 0.25) is 5.02 Å². The maximum absolute atomic E-state index is 11.8. The van der Waals surface area contributed by atoms with Crippen molar-refractivity contribution < 1.29 is 4.79 Å². The molecule has 18 heavy (non-hydrogen) atoms. The van der Waals surface area contributed by atoms with Gasteiger partial charge in [-0.3, -0.25) is 4.79 Å². The van der Waals surface area contributed by atoms with E-state index in [2.05, 4.69) is 22.4 Å². The molecule has 2 aromatic rings. The molecule has 1 aromatic heterocycles. The third-order valence-electron chi connectivity index (χ3n) is 3.57. The van der Waals surface area contributed by atoms with Gasteiger partial charge in [0.15, 0.2) is 0 Å². The van der Waals surface area contributed by atoms with Crippen molar-refractivity contribution in [3.05, 3.63) is 35.0 Å². The van der Waals surface area contributed by atoms with E-state index in [9.17, 15) is 4.79 Å². The molecule has 1 fully saturated rings. The molecule has 0 saturated carbocycles. The molecule has 1 atom stereocenters. The summed E-state index contributed by atoms with van der Waals surface area (Å²) < 4.78 is 0. The van der Waals surface area contributed by atoms with E-state index >= 15 is 0 Å². The van der Waals surface area contributed by atoms with E-state index in [1.165, 1.54) is 0 Å². The number of H-pyrrole nitrogens is 1. The molecule has 3 nitrogen and oxygen atoms in total. The Kier molecular flexibility index (Phi) is 3.10. The lowest BCUT2D eigenvalue weighted by Crippen LogP contribution is -2.48. The highest BCUT2D eigenvalue weighted by Gasteiger charge is 2.23. The Labute approximate surface area is 111 Å². The number of aryl methyl sites for hydroxylation is 1. The normalized spacial score (nSPS) is 18.8. The number of hydrogen-bond acceptors (Lipinski definition) is 2. The molecule has 1 saturated heterocycles. The van der Waals surface area contributed by atoms with E-state index in [-0.39, 0.29) is 6.04 Å². The SMILES string of the molecule is O=C(CCc1ccc2[nH]cc(Cl)c2c1)[C@@H]1CCN1. The maximum Gasteiger partial charge on any atom is 0.150 e. The summed E-state index contributed by atoms with van der Waals surface area (Å²) in [6.45, 7) is 0.974. The molecular weight excluding hydrogens is 248 g/mol.